The fourth-order valence-electron chi connectivity index (χ4n) is 1.29. The van der Waals surface area contributed by atoms with Gasteiger partial charge in [0.25, 0.3) is 0 Å². The molecule has 0 atom stereocenters. The lowest BCUT2D eigenvalue weighted by Gasteiger charge is -2.01. The van der Waals surface area contributed by atoms with E-state index in [1.165, 1.54) is 12.5 Å². The average molecular weight is 204 g/mol. The van der Waals surface area contributed by atoms with E-state index in [1.807, 2.05) is 0 Å². The topological polar surface area (TPSA) is 91.8 Å². The van der Waals surface area contributed by atoms with Crippen LogP contribution >= 0.6 is 0 Å². The van der Waals surface area contributed by atoms with E-state index in [0.29, 0.717) is 17.0 Å². The molecule has 0 saturated carbocycles. The quantitative estimate of drug-likeness (QED) is 0.757. The first-order valence-electron chi connectivity index (χ1n) is 4.24. The van der Waals surface area contributed by atoms with Crippen molar-refractivity contribution < 1.29 is 9.90 Å². The Bertz CT molecular complexity index is 506. The van der Waals surface area contributed by atoms with Crippen molar-refractivity contribution in [1.29, 1.82) is 0 Å². The van der Waals surface area contributed by atoms with Crippen LogP contribution in [0.25, 0.3) is 11.3 Å². The van der Waals surface area contributed by atoms with Gasteiger partial charge < -0.3 is 5.11 Å². The van der Waals surface area contributed by atoms with Crippen LogP contribution in [0.4, 0.5) is 0 Å². The molecular weight excluding hydrogens is 196 g/mol. The van der Waals surface area contributed by atoms with Gasteiger partial charge in [-0.15, -0.1) is 0 Å². The summed E-state index contributed by atoms with van der Waals surface area (Å²) in [4.78, 5) is 18.7. The van der Waals surface area contributed by atoms with Crippen molar-refractivity contribution in [2.75, 3.05) is 0 Å². The van der Waals surface area contributed by atoms with E-state index in [2.05, 4.69) is 20.2 Å². The first-order valence-corrected chi connectivity index (χ1v) is 4.24. The molecule has 6 nitrogen and oxygen atoms in total. The van der Waals surface area contributed by atoms with E-state index in [1.54, 1.807) is 13.1 Å². The second kappa shape index (κ2) is 3.49. The molecule has 2 heterocycles. The Morgan fingerprint density at radius 1 is 1.47 bits per heavy atom. The molecule has 0 unspecified atom stereocenters. The number of rotatable bonds is 2. The van der Waals surface area contributed by atoms with Crippen LogP contribution in [0, 0.1) is 6.92 Å². The molecule has 0 saturated heterocycles. The summed E-state index contributed by atoms with van der Waals surface area (Å²) in [6, 6.07) is 0. The van der Waals surface area contributed by atoms with E-state index < -0.39 is 5.97 Å². The predicted molar refractivity (Wildman–Crippen MR) is 51.3 cm³/mol. The van der Waals surface area contributed by atoms with E-state index >= 15 is 0 Å². The van der Waals surface area contributed by atoms with Crippen molar-refractivity contribution in [3.8, 4) is 11.3 Å². The summed E-state index contributed by atoms with van der Waals surface area (Å²) in [5.74, 6) is -1.03. The highest BCUT2D eigenvalue weighted by Gasteiger charge is 2.15. The highest BCUT2D eigenvalue weighted by atomic mass is 16.4. The molecule has 0 radical (unpaired) electrons. The Balaban J connectivity index is 2.59. The molecular formula is C9H8N4O2. The summed E-state index contributed by atoms with van der Waals surface area (Å²) in [7, 11) is 0. The van der Waals surface area contributed by atoms with Gasteiger partial charge in [0.15, 0.2) is 0 Å². The number of aromatic nitrogens is 4. The zero-order valence-corrected chi connectivity index (χ0v) is 7.93. The third-order valence-corrected chi connectivity index (χ3v) is 2.05. The van der Waals surface area contributed by atoms with E-state index in [9.17, 15) is 4.79 Å². The van der Waals surface area contributed by atoms with Gasteiger partial charge >= 0.3 is 5.97 Å². The number of H-pyrrole nitrogens is 1. The number of carbonyl (C=O) groups is 1. The number of hydrogen-bond donors (Lipinski definition) is 2. The smallest absolute Gasteiger partial charge is 0.339 e. The summed E-state index contributed by atoms with van der Waals surface area (Å²) in [6.45, 7) is 1.78. The molecule has 2 N–H and O–H groups in total. The molecule has 0 fully saturated rings. The van der Waals surface area contributed by atoms with Crippen LogP contribution in [0.15, 0.2) is 18.7 Å². The minimum atomic E-state index is -1.03. The van der Waals surface area contributed by atoms with Crippen molar-refractivity contribution in [2.24, 2.45) is 0 Å². The zero-order valence-electron chi connectivity index (χ0n) is 7.93. The summed E-state index contributed by atoms with van der Waals surface area (Å²) in [5, 5.41) is 15.2. The number of aromatic amines is 1. The molecule has 0 bridgehead atoms. The lowest BCUT2D eigenvalue weighted by molar-refractivity contribution is 0.0698. The molecule has 0 aromatic carbocycles. The number of aryl methyl sites for hydroxylation is 1. The second-order valence-electron chi connectivity index (χ2n) is 2.99. The lowest BCUT2D eigenvalue weighted by atomic mass is 10.1. The van der Waals surface area contributed by atoms with Crippen LogP contribution in [-0.4, -0.2) is 31.2 Å². The maximum Gasteiger partial charge on any atom is 0.339 e. The minimum absolute atomic E-state index is 0.118. The SMILES string of the molecule is Cc1ncncc1-c1[nH]ncc1C(=O)O. The Morgan fingerprint density at radius 2 is 2.27 bits per heavy atom. The normalized spacial score (nSPS) is 10.2. The van der Waals surface area contributed by atoms with Gasteiger partial charge in [-0.25, -0.2) is 14.8 Å². The molecule has 0 aliphatic rings. The highest BCUT2D eigenvalue weighted by Crippen LogP contribution is 2.21. The Morgan fingerprint density at radius 3 is 2.93 bits per heavy atom. The molecule has 0 aliphatic heterocycles. The molecule has 0 aliphatic carbocycles. The molecule has 0 amide bonds. The van der Waals surface area contributed by atoms with E-state index in [4.69, 9.17) is 5.11 Å². The molecule has 2 aromatic rings. The van der Waals surface area contributed by atoms with Crippen molar-refractivity contribution in [2.45, 2.75) is 6.92 Å². The second-order valence-corrected chi connectivity index (χ2v) is 2.99. The minimum Gasteiger partial charge on any atom is -0.478 e. The fraction of sp³-hybridized carbons (Fsp3) is 0.111. The standard InChI is InChI=1S/C9H8N4O2/c1-5-6(2-10-4-11-5)8-7(9(14)15)3-12-13-8/h2-4H,1H3,(H,12,13)(H,14,15). The van der Waals surface area contributed by atoms with E-state index in [-0.39, 0.29) is 5.56 Å². The zero-order chi connectivity index (χ0) is 10.8. The van der Waals surface area contributed by atoms with Gasteiger partial charge in [0, 0.05) is 11.8 Å². The third-order valence-electron chi connectivity index (χ3n) is 2.05. The van der Waals surface area contributed by atoms with Gasteiger partial charge in [-0.1, -0.05) is 0 Å². The number of nitrogens with one attached hydrogen (secondary N) is 1. The summed E-state index contributed by atoms with van der Waals surface area (Å²) >= 11 is 0. The number of carboxylic acid groups (broad SMARTS) is 1. The van der Waals surface area contributed by atoms with Gasteiger partial charge in [0.05, 0.1) is 17.6 Å². The summed E-state index contributed by atoms with van der Waals surface area (Å²) < 4.78 is 0. The average Bonchev–Trinajstić information content (AvgIpc) is 2.67. The Hall–Kier alpha value is -2.24. The van der Waals surface area contributed by atoms with Crippen LogP contribution in [0.1, 0.15) is 16.1 Å². The first-order chi connectivity index (χ1) is 7.20. The number of aromatic carboxylic acids is 1. The maximum atomic E-state index is 10.9. The third kappa shape index (κ3) is 1.56. The summed E-state index contributed by atoms with van der Waals surface area (Å²) in [5.41, 5.74) is 1.90. The number of hydrogen-bond acceptors (Lipinski definition) is 4. The first kappa shape index (κ1) is 9.32. The molecule has 0 spiro atoms. The number of carboxylic acids is 1. The summed E-state index contributed by atoms with van der Waals surface area (Å²) in [6.07, 6.45) is 4.24. The van der Waals surface area contributed by atoms with Crippen molar-refractivity contribution in [3.05, 3.63) is 30.0 Å². The Kier molecular flexibility index (Phi) is 2.17. The van der Waals surface area contributed by atoms with Crippen molar-refractivity contribution in [3.63, 3.8) is 0 Å². The van der Waals surface area contributed by atoms with Crippen LogP contribution in [0.2, 0.25) is 0 Å². The van der Waals surface area contributed by atoms with Crippen LogP contribution < -0.4 is 0 Å². The van der Waals surface area contributed by atoms with E-state index in [0.717, 1.165) is 0 Å². The molecule has 6 heteroatoms. The number of nitrogens with zero attached hydrogens (tertiary/aromatic N) is 3. The van der Waals surface area contributed by atoms with Crippen LogP contribution in [0.3, 0.4) is 0 Å². The molecule has 15 heavy (non-hydrogen) atoms. The van der Waals surface area contributed by atoms with Gasteiger partial charge in [-0.3, -0.25) is 5.10 Å². The largest absolute Gasteiger partial charge is 0.478 e. The van der Waals surface area contributed by atoms with Crippen LogP contribution in [-0.2, 0) is 0 Å². The van der Waals surface area contributed by atoms with Gasteiger partial charge in [0.2, 0.25) is 0 Å². The molecule has 2 rings (SSSR count). The molecule has 76 valence electrons. The van der Waals surface area contributed by atoms with Gasteiger partial charge in [-0.05, 0) is 6.92 Å². The Labute approximate surface area is 85.0 Å². The maximum absolute atomic E-state index is 10.9. The lowest BCUT2D eigenvalue weighted by Crippen LogP contribution is -1.98. The van der Waals surface area contributed by atoms with Crippen LogP contribution in [0.5, 0.6) is 0 Å². The predicted octanol–water partition coefficient (Wildman–Crippen LogP) is 0.873. The van der Waals surface area contributed by atoms with Crippen molar-refractivity contribution >= 4 is 5.97 Å². The monoisotopic (exact) mass is 204 g/mol. The molecule has 2 aromatic heterocycles. The highest BCUT2D eigenvalue weighted by molar-refractivity contribution is 5.94. The van der Waals surface area contributed by atoms with Gasteiger partial charge in [-0.2, -0.15) is 5.10 Å². The van der Waals surface area contributed by atoms with Crippen molar-refractivity contribution in [1.82, 2.24) is 20.2 Å². The fourth-order valence-corrected chi connectivity index (χ4v) is 1.29. The van der Waals surface area contributed by atoms with Gasteiger partial charge in [0.1, 0.15) is 11.9 Å².